The van der Waals surface area contributed by atoms with Crippen LogP contribution >= 0.6 is 0 Å². The molecule has 0 aliphatic carbocycles. The maximum atomic E-state index is 12.6. The number of aliphatic hydroxyl groups is 1. The average Bonchev–Trinajstić information content (AvgIpc) is 3.46. The van der Waals surface area contributed by atoms with Gasteiger partial charge in [-0.05, 0) is 67.4 Å². The Hall–Kier alpha value is -3.53. The van der Waals surface area contributed by atoms with E-state index in [9.17, 15) is 9.90 Å². The van der Waals surface area contributed by atoms with E-state index < -0.39 is 0 Å². The maximum Gasteiger partial charge on any atom is 0.228 e. The second kappa shape index (κ2) is 11.5. The second-order valence-corrected chi connectivity index (χ2v) is 9.06. The van der Waals surface area contributed by atoms with Gasteiger partial charge in [0, 0.05) is 55.1 Å². The fourth-order valence-electron chi connectivity index (χ4n) is 4.60. The summed E-state index contributed by atoms with van der Waals surface area (Å²) in [7, 11) is 0. The Kier molecular flexibility index (Phi) is 7.70. The Labute approximate surface area is 210 Å². The molecule has 36 heavy (non-hydrogen) atoms. The van der Waals surface area contributed by atoms with Crippen molar-refractivity contribution in [2.24, 2.45) is 5.92 Å². The third-order valence-electron chi connectivity index (χ3n) is 6.63. The number of nitrogens with zero attached hydrogens (tertiary/aromatic N) is 3. The summed E-state index contributed by atoms with van der Waals surface area (Å²) in [5.41, 5.74) is 5.34. The Balaban J connectivity index is 1.30. The van der Waals surface area contributed by atoms with Crippen LogP contribution in [0.4, 0.5) is 23.0 Å². The van der Waals surface area contributed by atoms with Gasteiger partial charge in [0.05, 0.1) is 24.8 Å². The summed E-state index contributed by atoms with van der Waals surface area (Å²) in [6.07, 6.45) is 3.01. The van der Waals surface area contributed by atoms with Crippen molar-refractivity contribution in [2.45, 2.75) is 12.8 Å². The van der Waals surface area contributed by atoms with Gasteiger partial charge in [0.25, 0.3) is 0 Å². The Morgan fingerprint density at radius 1 is 1.14 bits per heavy atom. The highest BCUT2D eigenvalue weighted by Crippen LogP contribution is 2.27. The number of benzene rings is 2. The molecule has 0 saturated carbocycles. The second-order valence-electron chi connectivity index (χ2n) is 9.06. The Morgan fingerprint density at radius 3 is 2.72 bits per heavy atom. The Morgan fingerprint density at radius 2 is 1.97 bits per heavy atom. The van der Waals surface area contributed by atoms with Crippen LogP contribution in [0.25, 0.3) is 11.3 Å². The first-order chi connectivity index (χ1) is 17.7. The minimum Gasteiger partial charge on any atom is -0.396 e. The molecule has 9 heteroatoms. The molecule has 1 atom stereocenters. The van der Waals surface area contributed by atoms with Gasteiger partial charge in [-0.3, -0.25) is 4.79 Å². The first-order valence-electron chi connectivity index (χ1n) is 12.5. The molecule has 1 aromatic heterocycles. The first kappa shape index (κ1) is 24.2. The number of anilines is 4. The lowest BCUT2D eigenvalue weighted by Crippen LogP contribution is -2.36. The van der Waals surface area contributed by atoms with Gasteiger partial charge in [0.2, 0.25) is 11.9 Å². The van der Waals surface area contributed by atoms with Crippen molar-refractivity contribution in [3.63, 3.8) is 0 Å². The number of hydrogen-bond acceptors (Lipinski definition) is 8. The molecule has 2 aliphatic rings. The number of ether oxygens (including phenoxy) is 1. The summed E-state index contributed by atoms with van der Waals surface area (Å²) >= 11 is 0. The van der Waals surface area contributed by atoms with Gasteiger partial charge in [0.15, 0.2) is 0 Å². The van der Waals surface area contributed by atoms with Crippen LogP contribution in [-0.4, -0.2) is 67.0 Å². The molecule has 1 amide bonds. The molecule has 0 spiro atoms. The molecule has 0 unspecified atom stereocenters. The number of aliphatic hydroxyl groups excluding tert-OH is 1. The van der Waals surface area contributed by atoms with Crippen LogP contribution in [0.1, 0.15) is 12.0 Å². The number of nitrogens with one attached hydrogen (secondary N) is 3. The van der Waals surface area contributed by atoms with Crippen LogP contribution in [0, 0.1) is 5.92 Å². The predicted molar refractivity (Wildman–Crippen MR) is 141 cm³/mol. The smallest absolute Gasteiger partial charge is 0.228 e. The van der Waals surface area contributed by atoms with Gasteiger partial charge in [-0.2, -0.15) is 0 Å². The fourth-order valence-corrected chi connectivity index (χ4v) is 4.60. The first-order valence-corrected chi connectivity index (χ1v) is 12.5. The third-order valence-corrected chi connectivity index (χ3v) is 6.63. The molecule has 4 N–H and O–H groups in total. The van der Waals surface area contributed by atoms with Gasteiger partial charge in [0.1, 0.15) is 0 Å². The largest absolute Gasteiger partial charge is 0.396 e. The highest BCUT2D eigenvalue weighted by atomic mass is 16.5. The molecular weight excluding hydrogens is 456 g/mol. The molecule has 2 aliphatic heterocycles. The molecule has 2 saturated heterocycles. The number of hydrogen-bond donors (Lipinski definition) is 4. The van der Waals surface area contributed by atoms with Crippen molar-refractivity contribution < 1.29 is 14.6 Å². The zero-order valence-electron chi connectivity index (χ0n) is 20.2. The molecule has 0 radical (unpaired) electrons. The number of morpholine rings is 1. The van der Waals surface area contributed by atoms with E-state index in [2.05, 4.69) is 38.0 Å². The molecule has 9 nitrogen and oxygen atoms in total. The zero-order chi connectivity index (χ0) is 24.7. The maximum absolute atomic E-state index is 12.6. The van der Waals surface area contributed by atoms with E-state index in [1.54, 1.807) is 6.20 Å². The van der Waals surface area contributed by atoms with Crippen molar-refractivity contribution in [3.8, 4) is 11.3 Å². The van der Waals surface area contributed by atoms with Crippen molar-refractivity contribution >= 4 is 28.9 Å². The lowest BCUT2D eigenvalue weighted by atomic mass is 10.0. The number of carbonyl (C=O) groups is 1. The van der Waals surface area contributed by atoms with Gasteiger partial charge >= 0.3 is 0 Å². The minimum absolute atomic E-state index is 0.00562. The van der Waals surface area contributed by atoms with E-state index >= 15 is 0 Å². The zero-order valence-corrected chi connectivity index (χ0v) is 20.2. The highest BCUT2D eigenvalue weighted by Gasteiger charge is 2.23. The van der Waals surface area contributed by atoms with Crippen LogP contribution < -0.4 is 20.9 Å². The summed E-state index contributed by atoms with van der Waals surface area (Å²) in [6, 6.07) is 15.9. The van der Waals surface area contributed by atoms with E-state index in [1.165, 1.54) is 5.69 Å². The van der Waals surface area contributed by atoms with Gasteiger partial charge in [-0.1, -0.05) is 6.07 Å². The monoisotopic (exact) mass is 488 g/mol. The number of rotatable bonds is 8. The molecule has 3 aromatic rings. The quantitative estimate of drug-likeness (QED) is 0.383. The lowest BCUT2D eigenvalue weighted by molar-refractivity contribution is -0.119. The summed E-state index contributed by atoms with van der Waals surface area (Å²) in [5.74, 6) is 0.492. The van der Waals surface area contributed by atoms with Crippen molar-refractivity contribution in [3.05, 3.63) is 60.3 Å². The van der Waals surface area contributed by atoms with E-state index in [-0.39, 0.29) is 18.4 Å². The van der Waals surface area contributed by atoms with Gasteiger partial charge in [-0.15, -0.1) is 0 Å². The highest BCUT2D eigenvalue weighted by molar-refractivity contribution is 5.94. The normalized spacial score (nSPS) is 17.7. The van der Waals surface area contributed by atoms with E-state index in [0.717, 1.165) is 67.5 Å². The topological polar surface area (TPSA) is 112 Å². The molecule has 0 bridgehead atoms. The predicted octanol–water partition coefficient (Wildman–Crippen LogP) is 2.81. The lowest BCUT2D eigenvalue weighted by Gasteiger charge is -2.28. The Bertz CT molecular complexity index is 1170. The van der Waals surface area contributed by atoms with Crippen LogP contribution in [-0.2, 0) is 16.0 Å². The number of carbonyl (C=O) groups excluding carboxylic acids is 1. The number of amides is 1. The summed E-state index contributed by atoms with van der Waals surface area (Å²) < 4.78 is 5.43. The summed E-state index contributed by atoms with van der Waals surface area (Å²) in [6.45, 7) is 4.87. The SMILES string of the molecule is O=C(Nc1ccc(-c2ccnc(Nc3ccc(N4CCOCC4)cc3)n2)cc1CCO)[C@@H]1CCNC1. The van der Waals surface area contributed by atoms with E-state index in [4.69, 9.17) is 9.72 Å². The van der Waals surface area contributed by atoms with Crippen LogP contribution in [0.2, 0.25) is 0 Å². The molecular formula is C27H32N6O3. The summed E-state index contributed by atoms with van der Waals surface area (Å²) in [4.78, 5) is 24.0. The van der Waals surface area contributed by atoms with E-state index in [1.807, 2.05) is 36.4 Å². The minimum atomic E-state index is -0.0231. The van der Waals surface area contributed by atoms with Crippen molar-refractivity contribution in [1.82, 2.24) is 15.3 Å². The molecule has 2 fully saturated rings. The molecule has 3 heterocycles. The summed E-state index contributed by atoms with van der Waals surface area (Å²) in [5, 5.41) is 19.1. The standard InChI is InChI=1S/C27H32N6O3/c34-14-9-20-17-19(1-6-24(20)31-26(35)21-7-10-28-18-21)25-8-11-29-27(32-25)30-22-2-4-23(5-3-22)33-12-15-36-16-13-33/h1-6,8,11,17,21,28,34H,7,9-10,12-16,18H2,(H,31,35)(H,29,30,32)/t21-/m1/s1. The van der Waals surface area contributed by atoms with Crippen LogP contribution in [0.5, 0.6) is 0 Å². The van der Waals surface area contributed by atoms with Gasteiger partial charge < -0.3 is 30.7 Å². The number of aromatic nitrogens is 2. The third kappa shape index (κ3) is 5.81. The molecule has 188 valence electrons. The van der Waals surface area contributed by atoms with Crippen molar-refractivity contribution in [2.75, 3.05) is 61.5 Å². The van der Waals surface area contributed by atoms with Gasteiger partial charge in [-0.25, -0.2) is 9.97 Å². The van der Waals surface area contributed by atoms with E-state index in [0.29, 0.717) is 18.9 Å². The molecule has 2 aromatic carbocycles. The molecule has 5 rings (SSSR count). The average molecular weight is 489 g/mol. The fraction of sp³-hybridized carbons (Fsp3) is 0.370. The van der Waals surface area contributed by atoms with Crippen molar-refractivity contribution in [1.29, 1.82) is 0 Å². The van der Waals surface area contributed by atoms with Crippen LogP contribution in [0.15, 0.2) is 54.7 Å². The van der Waals surface area contributed by atoms with Crippen LogP contribution in [0.3, 0.4) is 0 Å².